The minimum absolute atomic E-state index is 0. The lowest BCUT2D eigenvalue weighted by molar-refractivity contribution is 0.567. The Morgan fingerprint density at radius 2 is 1.85 bits per heavy atom. The van der Waals surface area contributed by atoms with E-state index in [1.54, 1.807) is 6.92 Å². The van der Waals surface area contributed by atoms with Crippen molar-refractivity contribution < 1.29 is 8.78 Å². The van der Waals surface area contributed by atoms with Gasteiger partial charge in [0, 0.05) is 11.6 Å². The summed E-state index contributed by atoms with van der Waals surface area (Å²) in [4.78, 5) is 0. The average molecular weight is 273 g/mol. The summed E-state index contributed by atoms with van der Waals surface area (Å²) in [5, 5.41) is 0. The number of hydrogen-bond donors (Lipinski definition) is 1. The maximum atomic E-state index is 13.0. The van der Waals surface area contributed by atoms with Gasteiger partial charge < -0.3 is 5.73 Å². The van der Waals surface area contributed by atoms with E-state index in [4.69, 9.17) is 5.73 Å². The molecule has 0 heterocycles. The molecule has 0 spiro atoms. The monoisotopic (exact) mass is 271 g/mol. The number of hydrogen-bond acceptors (Lipinski definition) is 1. The normalized spacial score (nSPS) is 12.1. The smallest absolute Gasteiger partial charge is 0.137 e. The zero-order chi connectivity index (χ0) is 9.30. The molecule has 1 aromatic rings. The third-order valence-electron chi connectivity index (χ3n) is 1.53. The van der Waals surface area contributed by atoms with Gasteiger partial charge in [-0.25, -0.2) is 8.78 Å². The molecule has 0 aliphatic carbocycles. The topological polar surface area (TPSA) is 26.0 Å². The molecule has 13 heavy (non-hydrogen) atoms. The Hall–Kier alpha value is -0.190. The molecule has 0 saturated carbocycles. The molecule has 1 unspecified atom stereocenters. The summed E-state index contributed by atoms with van der Waals surface area (Å²) in [6.45, 7) is 1.60. The molecule has 1 atom stereocenters. The minimum Gasteiger partial charge on any atom is -0.324 e. The molecule has 0 aliphatic heterocycles. The summed E-state index contributed by atoms with van der Waals surface area (Å²) in [6, 6.07) is 1.69. The van der Waals surface area contributed by atoms with Crippen LogP contribution < -0.4 is 5.73 Å². The second kappa shape index (κ2) is 4.88. The Bertz CT molecular complexity index is 304. The first-order valence-corrected chi connectivity index (χ1v) is 4.21. The van der Waals surface area contributed by atoms with Crippen molar-refractivity contribution in [3.8, 4) is 0 Å². The van der Waals surface area contributed by atoms with Gasteiger partial charge in [0.05, 0.1) is 4.47 Å². The number of benzene rings is 1. The van der Waals surface area contributed by atoms with Gasteiger partial charge >= 0.3 is 0 Å². The Morgan fingerprint density at radius 1 is 1.31 bits per heavy atom. The van der Waals surface area contributed by atoms with E-state index in [2.05, 4.69) is 15.9 Å². The molecule has 0 saturated heterocycles. The van der Waals surface area contributed by atoms with E-state index in [1.807, 2.05) is 0 Å². The molecule has 0 aromatic heterocycles. The lowest BCUT2D eigenvalue weighted by atomic mass is 10.1. The van der Waals surface area contributed by atoms with Gasteiger partial charge in [-0.2, -0.15) is 0 Å². The van der Waals surface area contributed by atoms with Crippen molar-refractivity contribution >= 4 is 28.3 Å². The highest BCUT2D eigenvalue weighted by Gasteiger charge is 2.10. The Labute approximate surface area is 89.9 Å². The van der Waals surface area contributed by atoms with Gasteiger partial charge in [0.1, 0.15) is 11.6 Å². The summed E-state index contributed by atoms with van der Waals surface area (Å²) in [5.74, 6) is -0.984. The molecule has 5 heteroatoms. The molecular weight excluding hydrogens is 263 g/mol. The van der Waals surface area contributed by atoms with Gasteiger partial charge in [-0.15, -0.1) is 12.4 Å². The maximum Gasteiger partial charge on any atom is 0.137 e. The summed E-state index contributed by atoms with van der Waals surface area (Å²) in [6.07, 6.45) is 0. The van der Waals surface area contributed by atoms with E-state index in [-0.39, 0.29) is 22.4 Å². The molecule has 0 amide bonds. The highest BCUT2D eigenvalue weighted by molar-refractivity contribution is 9.10. The predicted molar refractivity (Wildman–Crippen MR) is 53.9 cm³/mol. The molecule has 1 aromatic carbocycles. The van der Waals surface area contributed by atoms with Gasteiger partial charge in [0.15, 0.2) is 0 Å². The van der Waals surface area contributed by atoms with Gasteiger partial charge in [0.25, 0.3) is 0 Å². The molecule has 0 fully saturated rings. The highest BCUT2D eigenvalue weighted by atomic mass is 79.9. The summed E-state index contributed by atoms with van der Waals surface area (Å²) in [7, 11) is 0. The van der Waals surface area contributed by atoms with Crippen molar-refractivity contribution in [1.29, 1.82) is 0 Å². The van der Waals surface area contributed by atoms with Gasteiger partial charge in [0.2, 0.25) is 0 Å². The van der Waals surface area contributed by atoms with Crippen LogP contribution in [-0.2, 0) is 0 Å². The lowest BCUT2D eigenvalue weighted by Crippen LogP contribution is -2.08. The van der Waals surface area contributed by atoms with Crippen molar-refractivity contribution in [3.05, 3.63) is 33.8 Å². The number of nitrogens with two attached hydrogens (primary N) is 1. The summed E-state index contributed by atoms with van der Waals surface area (Å²) < 4.78 is 26.0. The fraction of sp³-hybridized carbons (Fsp3) is 0.250. The first kappa shape index (κ1) is 12.8. The van der Waals surface area contributed by atoms with Crippen LogP contribution in [0, 0.1) is 11.6 Å². The van der Waals surface area contributed by atoms with Gasteiger partial charge in [-0.05, 0) is 35.0 Å². The van der Waals surface area contributed by atoms with Crippen LogP contribution in [0.15, 0.2) is 16.6 Å². The molecular formula is C8H9BrClF2N. The van der Waals surface area contributed by atoms with Crippen LogP contribution in [0.1, 0.15) is 18.5 Å². The minimum atomic E-state index is -0.497. The molecule has 0 radical (unpaired) electrons. The van der Waals surface area contributed by atoms with Crippen LogP contribution in [-0.4, -0.2) is 0 Å². The molecule has 0 bridgehead atoms. The van der Waals surface area contributed by atoms with Crippen LogP contribution in [0.25, 0.3) is 0 Å². The quantitative estimate of drug-likeness (QED) is 0.781. The second-order valence-corrected chi connectivity index (χ2v) is 3.43. The molecule has 1 rings (SSSR count). The van der Waals surface area contributed by atoms with Crippen LogP contribution in [0.5, 0.6) is 0 Å². The first-order valence-electron chi connectivity index (χ1n) is 3.42. The van der Waals surface area contributed by atoms with E-state index < -0.39 is 17.7 Å². The Kier molecular flexibility index (Phi) is 4.81. The predicted octanol–water partition coefficient (Wildman–Crippen LogP) is 3.17. The first-order chi connectivity index (χ1) is 5.52. The summed E-state index contributed by atoms with van der Waals surface area (Å²) in [5.41, 5.74) is 5.60. The van der Waals surface area contributed by atoms with Crippen LogP contribution in [0.3, 0.4) is 0 Å². The lowest BCUT2D eigenvalue weighted by Gasteiger charge is -2.07. The van der Waals surface area contributed by atoms with E-state index in [9.17, 15) is 8.78 Å². The van der Waals surface area contributed by atoms with Crippen molar-refractivity contribution in [1.82, 2.24) is 0 Å². The zero-order valence-corrected chi connectivity index (χ0v) is 9.25. The van der Waals surface area contributed by atoms with E-state index in [0.29, 0.717) is 0 Å². The maximum absolute atomic E-state index is 13.0. The molecule has 74 valence electrons. The fourth-order valence-electron chi connectivity index (χ4n) is 0.887. The highest BCUT2D eigenvalue weighted by Crippen LogP contribution is 2.22. The van der Waals surface area contributed by atoms with Crippen molar-refractivity contribution in [2.45, 2.75) is 13.0 Å². The molecule has 0 aliphatic rings. The fourth-order valence-corrected chi connectivity index (χ4v) is 1.20. The zero-order valence-electron chi connectivity index (χ0n) is 6.85. The van der Waals surface area contributed by atoms with Crippen molar-refractivity contribution in [3.63, 3.8) is 0 Å². The van der Waals surface area contributed by atoms with Gasteiger partial charge in [-0.3, -0.25) is 0 Å². The van der Waals surface area contributed by atoms with E-state index in [1.165, 1.54) is 0 Å². The SMILES string of the molecule is CC(N)c1cc(F)c(Br)cc1F.Cl. The van der Waals surface area contributed by atoms with Crippen LogP contribution in [0.4, 0.5) is 8.78 Å². The third kappa shape index (κ3) is 2.90. The summed E-state index contributed by atoms with van der Waals surface area (Å²) >= 11 is 2.87. The number of rotatable bonds is 1. The Balaban J connectivity index is 0.00000144. The number of halogens is 4. The van der Waals surface area contributed by atoms with Crippen molar-refractivity contribution in [2.24, 2.45) is 5.73 Å². The molecule has 1 nitrogen and oxygen atoms in total. The average Bonchev–Trinajstić information content (AvgIpc) is 1.96. The standard InChI is InChI=1S/C8H8BrF2N.ClH/c1-4(12)5-2-8(11)6(9)3-7(5)10;/h2-4H,12H2,1H3;1H. The second-order valence-electron chi connectivity index (χ2n) is 2.58. The van der Waals surface area contributed by atoms with Gasteiger partial charge in [-0.1, -0.05) is 0 Å². The largest absolute Gasteiger partial charge is 0.324 e. The Morgan fingerprint density at radius 3 is 2.31 bits per heavy atom. The van der Waals surface area contributed by atoms with Crippen LogP contribution in [0.2, 0.25) is 0 Å². The third-order valence-corrected chi connectivity index (χ3v) is 2.14. The van der Waals surface area contributed by atoms with E-state index >= 15 is 0 Å². The van der Waals surface area contributed by atoms with E-state index in [0.717, 1.165) is 12.1 Å². The van der Waals surface area contributed by atoms with Crippen LogP contribution >= 0.6 is 28.3 Å². The molecule has 2 N–H and O–H groups in total. The van der Waals surface area contributed by atoms with Crippen molar-refractivity contribution in [2.75, 3.05) is 0 Å².